The highest BCUT2D eigenvalue weighted by Gasteiger charge is 2.21. The summed E-state index contributed by atoms with van der Waals surface area (Å²) in [4.78, 5) is 16.1. The Morgan fingerprint density at radius 2 is 2.29 bits per heavy atom. The van der Waals surface area contributed by atoms with Crippen molar-refractivity contribution in [3.05, 3.63) is 52.4 Å². The van der Waals surface area contributed by atoms with Crippen LogP contribution in [0.4, 0.5) is 0 Å². The van der Waals surface area contributed by atoms with E-state index < -0.39 is 6.23 Å². The van der Waals surface area contributed by atoms with Gasteiger partial charge in [0, 0.05) is 35.9 Å². The zero-order chi connectivity index (χ0) is 16.7. The van der Waals surface area contributed by atoms with Crippen LogP contribution in [0.25, 0.3) is 11.0 Å². The van der Waals surface area contributed by atoms with Crippen molar-refractivity contribution in [3.8, 4) is 11.5 Å². The summed E-state index contributed by atoms with van der Waals surface area (Å²) in [5.74, 6) is 2.88. The molecule has 0 amide bonds. The topological polar surface area (TPSA) is 84.9 Å². The first-order valence-corrected chi connectivity index (χ1v) is 8.48. The molecule has 0 saturated heterocycles. The minimum Gasteiger partial charge on any atom is -0.461 e. The first-order valence-electron chi connectivity index (χ1n) is 7.49. The Balaban J connectivity index is 1.72. The second-order valence-corrected chi connectivity index (χ2v) is 6.60. The Labute approximate surface area is 141 Å². The monoisotopic (exact) mass is 342 g/mol. The lowest BCUT2D eigenvalue weighted by molar-refractivity contribution is 0.186. The Morgan fingerprint density at radius 1 is 1.42 bits per heavy atom. The predicted octanol–water partition coefficient (Wildman–Crippen LogP) is 4.33. The summed E-state index contributed by atoms with van der Waals surface area (Å²) in [6.07, 6.45) is 1.27. The van der Waals surface area contributed by atoms with Gasteiger partial charge in [-0.1, -0.05) is 0 Å². The van der Waals surface area contributed by atoms with Gasteiger partial charge in [0.25, 0.3) is 0 Å². The molecule has 1 N–H and O–H groups in total. The highest BCUT2D eigenvalue weighted by molar-refractivity contribution is 7.99. The molecule has 7 heteroatoms. The van der Waals surface area contributed by atoms with E-state index in [1.807, 2.05) is 6.07 Å². The molecule has 6 nitrogen and oxygen atoms in total. The molecule has 0 radical (unpaired) electrons. The average molecular weight is 342 g/mol. The summed E-state index contributed by atoms with van der Waals surface area (Å²) >= 11 is 1.74. The van der Waals surface area contributed by atoms with Crippen molar-refractivity contribution in [3.63, 3.8) is 0 Å². The van der Waals surface area contributed by atoms with Gasteiger partial charge in [-0.15, -0.1) is 16.7 Å². The quantitative estimate of drug-likeness (QED) is 0.710. The van der Waals surface area contributed by atoms with E-state index in [2.05, 4.69) is 10.2 Å². The summed E-state index contributed by atoms with van der Waals surface area (Å²) < 4.78 is 11.6. The van der Waals surface area contributed by atoms with Crippen LogP contribution in [0, 0.1) is 11.8 Å². The lowest BCUT2D eigenvalue weighted by atomic mass is 10.1. The molecule has 1 unspecified atom stereocenters. The number of fused-ring (bicyclic) bond motifs is 2. The first kappa shape index (κ1) is 15.2. The van der Waals surface area contributed by atoms with Crippen molar-refractivity contribution >= 4 is 22.7 Å². The van der Waals surface area contributed by atoms with Gasteiger partial charge in [0.1, 0.15) is 22.8 Å². The van der Waals surface area contributed by atoms with Crippen molar-refractivity contribution in [1.29, 1.82) is 0 Å². The lowest BCUT2D eigenvalue weighted by Gasteiger charge is -2.09. The Morgan fingerprint density at radius 3 is 3.12 bits per heavy atom. The fourth-order valence-electron chi connectivity index (χ4n) is 2.92. The Hall–Kier alpha value is -2.38. The second kappa shape index (κ2) is 5.92. The zero-order valence-corrected chi connectivity index (χ0v) is 13.7. The Bertz CT molecular complexity index is 938. The summed E-state index contributed by atoms with van der Waals surface area (Å²) in [6.45, 7) is 1.69. The van der Waals surface area contributed by atoms with Gasteiger partial charge in [0.2, 0.25) is 6.23 Å². The van der Waals surface area contributed by atoms with Gasteiger partial charge >= 0.3 is 0 Å². The van der Waals surface area contributed by atoms with Crippen LogP contribution in [0.2, 0.25) is 0 Å². The maximum atomic E-state index is 10.6. The molecule has 2 aromatic heterocycles. The zero-order valence-electron chi connectivity index (χ0n) is 12.9. The molecule has 1 aliphatic rings. The molecule has 1 aliphatic heterocycles. The number of nitroso groups, excluding NO2 is 1. The summed E-state index contributed by atoms with van der Waals surface area (Å²) in [5.41, 5.74) is 2.00. The van der Waals surface area contributed by atoms with Crippen LogP contribution in [0.3, 0.4) is 0 Å². The van der Waals surface area contributed by atoms with Crippen LogP contribution < -0.4 is 4.74 Å². The van der Waals surface area contributed by atoms with Gasteiger partial charge in [-0.05, 0) is 24.2 Å². The molecular weight excluding hydrogens is 328 g/mol. The van der Waals surface area contributed by atoms with E-state index in [0.29, 0.717) is 28.0 Å². The largest absolute Gasteiger partial charge is 0.461 e. The predicted molar refractivity (Wildman–Crippen MR) is 90.4 cm³/mol. The normalized spacial score (nSPS) is 14.6. The molecule has 0 aliphatic carbocycles. The maximum Gasteiger partial charge on any atom is 0.217 e. The molecule has 122 valence electrons. The number of aromatic nitrogens is 1. The number of pyridine rings is 1. The fourth-order valence-corrected chi connectivity index (χ4v) is 3.99. The molecule has 3 aromatic rings. The van der Waals surface area contributed by atoms with Gasteiger partial charge in [-0.3, -0.25) is 4.98 Å². The SMILES string of the molecule is Cc1oc2cc(Oc3ccnc4c3SCC4)ccc2c1C(O)N=O. The molecule has 0 bridgehead atoms. The molecule has 4 rings (SSSR count). The van der Waals surface area contributed by atoms with Crippen molar-refractivity contribution in [2.75, 3.05) is 5.75 Å². The van der Waals surface area contributed by atoms with Gasteiger partial charge in [-0.2, -0.15) is 0 Å². The molecule has 0 fully saturated rings. The number of hydrogen-bond acceptors (Lipinski definition) is 7. The summed E-state index contributed by atoms with van der Waals surface area (Å²) in [5, 5.41) is 13.1. The van der Waals surface area contributed by atoms with Crippen molar-refractivity contribution in [2.45, 2.75) is 24.5 Å². The summed E-state index contributed by atoms with van der Waals surface area (Å²) in [6, 6.07) is 7.14. The molecule has 3 heterocycles. The number of furan rings is 1. The molecule has 1 aromatic carbocycles. The molecular formula is C17H14N2O4S. The van der Waals surface area contributed by atoms with Crippen molar-refractivity contribution in [1.82, 2.24) is 4.98 Å². The van der Waals surface area contributed by atoms with E-state index in [1.165, 1.54) is 0 Å². The van der Waals surface area contributed by atoms with E-state index in [4.69, 9.17) is 9.15 Å². The van der Waals surface area contributed by atoms with Gasteiger partial charge in [0.05, 0.1) is 16.2 Å². The lowest BCUT2D eigenvalue weighted by Crippen LogP contribution is -1.93. The Kier molecular flexibility index (Phi) is 3.74. The number of aryl methyl sites for hydroxylation is 2. The number of nitrogens with zero attached hydrogens (tertiary/aromatic N) is 2. The molecule has 1 atom stereocenters. The van der Waals surface area contributed by atoms with Crippen molar-refractivity contribution in [2.24, 2.45) is 5.18 Å². The van der Waals surface area contributed by atoms with Crippen LogP contribution in [-0.2, 0) is 6.42 Å². The first-order chi connectivity index (χ1) is 11.7. The third-order valence-corrected chi connectivity index (χ3v) is 5.13. The smallest absolute Gasteiger partial charge is 0.217 e. The van der Waals surface area contributed by atoms with Gasteiger partial charge < -0.3 is 14.3 Å². The number of benzene rings is 1. The average Bonchev–Trinajstić information content (AvgIpc) is 3.18. The van der Waals surface area contributed by atoms with E-state index in [0.717, 1.165) is 28.5 Å². The highest BCUT2D eigenvalue weighted by atomic mass is 32.2. The third kappa shape index (κ3) is 2.46. The number of thioether (sulfide) groups is 1. The van der Waals surface area contributed by atoms with Crippen LogP contribution in [0.15, 0.2) is 45.0 Å². The van der Waals surface area contributed by atoms with E-state index in [9.17, 15) is 10.0 Å². The fraction of sp³-hybridized carbons (Fsp3) is 0.235. The van der Waals surface area contributed by atoms with E-state index in [1.54, 1.807) is 43.1 Å². The molecule has 24 heavy (non-hydrogen) atoms. The van der Waals surface area contributed by atoms with Crippen LogP contribution in [-0.4, -0.2) is 15.8 Å². The highest BCUT2D eigenvalue weighted by Crippen LogP contribution is 2.40. The van der Waals surface area contributed by atoms with Gasteiger partial charge in [0.15, 0.2) is 0 Å². The number of hydrogen-bond donors (Lipinski definition) is 1. The molecule has 0 saturated carbocycles. The van der Waals surface area contributed by atoms with Crippen LogP contribution >= 0.6 is 11.8 Å². The maximum absolute atomic E-state index is 10.6. The van der Waals surface area contributed by atoms with E-state index in [-0.39, 0.29) is 0 Å². The standard InChI is InChI=1S/C17H14N2O4S/c1-9-15(17(20)19-21)11-3-2-10(8-14(11)22-9)23-13-4-6-18-12-5-7-24-16(12)13/h2-4,6,8,17,20H,5,7H2,1H3. The minimum absolute atomic E-state index is 0.395. The number of aliphatic hydroxyl groups is 1. The summed E-state index contributed by atoms with van der Waals surface area (Å²) in [7, 11) is 0. The molecule has 0 spiro atoms. The van der Waals surface area contributed by atoms with Gasteiger partial charge in [-0.25, -0.2) is 0 Å². The van der Waals surface area contributed by atoms with Crippen LogP contribution in [0.1, 0.15) is 23.2 Å². The third-order valence-electron chi connectivity index (χ3n) is 4.00. The van der Waals surface area contributed by atoms with Crippen molar-refractivity contribution < 1.29 is 14.3 Å². The number of aliphatic hydroxyl groups excluding tert-OH is 1. The number of rotatable bonds is 4. The van der Waals surface area contributed by atoms with Crippen LogP contribution in [0.5, 0.6) is 11.5 Å². The number of ether oxygens (including phenoxy) is 1. The second-order valence-electron chi connectivity index (χ2n) is 5.49. The minimum atomic E-state index is -1.43. The van der Waals surface area contributed by atoms with E-state index >= 15 is 0 Å².